The van der Waals surface area contributed by atoms with Gasteiger partial charge in [0.1, 0.15) is 5.82 Å². The van der Waals surface area contributed by atoms with Crippen LogP contribution in [-0.2, 0) is 11.2 Å². The first-order valence-corrected chi connectivity index (χ1v) is 5.08. The maximum atomic E-state index is 13.1. The van der Waals surface area contributed by atoms with Gasteiger partial charge in [0.2, 0.25) is 0 Å². The minimum absolute atomic E-state index is 0.137. The van der Waals surface area contributed by atoms with Crippen molar-refractivity contribution < 1.29 is 14.3 Å². The van der Waals surface area contributed by atoms with E-state index in [9.17, 15) is 9.18 Å². The second-order valence-electron chi connectivity index (χ2n) is 3.70. The van der Waals surface area contributed by atoms with E-state index < -0.39 is 5.97 Å². The number of aromatic nitrogens is 2. The van der Waals surface area contributed by atoms with Crippen molar-refractivity contribution in [3.63, 3.8) is 0 Å². The van der Waals surface area contributed by atoms with Crippen LogP contribution in [-0.4, -0.2) is 20.6 Å². The quantitative estimate of drug-likeness (QED) is 0.883. The van der Waals surface area contributed by atoms with Gasteiger partial charge in [-0.25, -0.2) is 9.37 Å². The normalized spacial score (nSPS) is 10.5. The lowest BCUT2D eigenvalue weighted by Gasteiger charge is -2.07. The van der Waals surface area contributed by atoms with E-state index in [1.807, 2.05) is 0 Å². The molecule has 5 heteroatoms. The second kappa shape index (κ2) is 4.37. The summed E-state index contributed by atoms with van der Waals surface area (Å²) in [5.41, 5.74) is 1.77. The van der Waals surface area contributed by atoms with Gasteiger partial charge in [0, 0.05) is 5.69 Å². The number of nitrogens with zero attached hydrogens (tertiary/aromatic N) is 2. The molecule has 88 valence electrons. The first kappa shape index (κ1) is 11.3. The minimum atomic E-state index is -0.939. The highest BCUT2D eigenvalue weighted by molar-refractivity contribution is 5.70. The van der Waals surface area contributed by atoms with Crippen LogP contribution in [0.1, 0.15) is 11.4 Å². The Labute approximate surface area is 97.3 Å². The Morgan fingerprint density at radius 3 is 2.94 bits per heavy atom. The van der Waals surface area contributed by atoms with Crippen molar-refractivity contribution in [3.8, 4) is 5.69 Å². The van der Waals surface area contributed by atoms with E-state index >= 15 is 0 Å². The fraction of sp³-hybridized carbons (Fsp3) is 0.167. The van der Waals surface area contributed by atoms with E-state index in [2.05, 4.69) is 4.98 Å². The summed E-state index contributed by atoms with van der Waals surface area (Å²) in [5.74, 6) is -1.30. The highest BCUT2D eigenvalue weighted by atomic mass is 19.1. The zero-order valence-corrected chi connectivity index (χ0v) is 9.22. The maximum Gasteiger partial charge on any atom is 0.309 e. The van der Waals surface area contributed by atoms with Gasteiger partial charge in [-0.1, -0.05) is 6.07 Å². The van der Waals surface area contributed by atoms with Gasteiger partial charge in [-0.3, -0.25) is 4.79 Å². The number of carboxylic acids is 1. The molecule has 0 saturated carbocycles. The topological polar surface area (TPSA) is 55.1 Å². The highest BCUT2D eigenvalue weighted by Crippen LogP contribution is 2.16. The molecule has 0 fully saturated rings. The van der Waals surface area contributed by atoms with Crippen molar-refractivity contribution in [2.75, 3.05) is 0 Å². The number of hydrogen-bond donors (Lipinski definition) is 1. The standard InChI is InChI=1S/C12H11FN2O2/c1-8-11(6-12(16)17)15(7-14-8)10-4-2-3-9(13)5-10/h2-5,7H,6H2,1H3,(H,16,17). The Morgan fingerprint density at radius 1 is 1.53 bits per heavy atom. The lowest BCUT2D eigenvalue weighted by atomic mass is 10.2. The van der Waals surface area contributed by atoms with E-state index in [1.54, 1.807) is 23.6 Å². The van der Waals surface area contributed by atoms with Crippen LogP contribution >= 0.6 is 0 Å². The van der Waals surface area contributed by atoms with Crippen LogP contribution < -0.4 is 0 Å². The van der Waals surface area contributed by atoms with Crippen molar-refractivity contribution in [1.29, 1.82) is 0 Å². The number of halogens is 1. The highest BCUT2D eigenvalue weighted by Gasteiger charge is 2.12. The van der Waals surface area contributed by atoms with Gasteiger partial charge in [0.05, 0.1) is 24.1 Å². The molecule has 0 atom stereocenters. The number of carboxylic acid groups (broad SMARTS) is 1. The van der Waals surface area contributed by atoms with Crippen molar-refractivity contribution in [3.05, 3.63) is 47.8 Å². The monoisotopic (exact) mass is 234 g/mol. The lowest BCUT2D eigenvalue weighted by molar-refractivity contribution is -0.136. The first-order valence-electron chi connectivity index (χ1n) is 5.08. The van der Waals surface area contributed by atoms with Crippen molar-refractivity contribution in [1.82, 2.24) is 9.55 Å². The van der Waals surface area contributed by atoms with E-state index in [-0.39, 0.29) is 12.2 Å². The largest absolute Gasteiger partial charge is 0.481 e. The number of aryl methyl sites for hydroxylation is 1. The number of rotatable bonds is 3. The number of carbonyl (C=O) groups is 1. The molecule has 0 amide bonds. The molecule has 2 aromatic rings. The molecule has 4 nitrogen and oxygen atoms in total. The molecule has 17 heavy (non-hydrogen) atoms. The SMILES string of the molecule is Cc1ncn(-c2cccc(F)c2)c1CC(=O)O. The van der Waals surface area contributed by atoms with Crippen LogP contribution in [0.4, 0.5) is 4.39 Å². The predicted molar refractivity (Wildman–Crippen MR) is 59.6 cm³/mol. The van der Waals surface area contributed by atoms with Crippen LogP contribution in [0.3, 0.4) is 0 Å². The van der Waals surface area contributed by atoms with Crippen molar-refractivity contribution >= 4 is 5.97 Å². The van der Waals surface area contributed by atoms with Crippen LogP contribution in [0.2, 0.25) is 0 Å². The summed E-state index contributed by atoms with van der Waals surface area (Å²) in [4.78, 5) is 14.8. The van der Waals surface area contributed by atoms with Gasteiger partial charge in [-0.05, 0) is 25.1 Å². The third kappa shape index (κ3) is 2.33. The minimum Gasteiger partial charge on any atom is -0.481 e. The number of hydrogen-bond acceptors (Lipinski definition) is 2. The zero-order valence-electron chi connectivity index (χ0n) is 9.22. The average molecular weight is 234 g/mol. The Morgan fingerprint density at radius 2 is 2.29 bits per heavy atom. The van der Waals surface area contributed by atoms with Crippen LogP contribution in [0.15, 0.2) is 30.6 Å². The summed E-state index contributed by atoms with van der Waals surface area (Å²) in [7, 11) is 0. The molecule has 0 saturated heterocycles. The van der Waals surface area contributed by atoms with E-state index in [0.717, 1.165) is 0 Å². The summed E-state index contributed by atoms with van der Waals surface area (Å²) in [5, 5.41) is 8.82. The fourth-order valence-corrected chi connectivity index (χ4v) is 1.67. The van der Waals surface area contributed by atoms with Gasteiger partial charge in [0.25, 0.3) is 0 Å². The molecular formula is C12H11FN2O2. The van der Waals surface area contributed by atoms with Crippen molar-refractivity contribution in [2.24, 2.45) is 0 Å². The summed E-state index contributed by atoms with van der Waals surface area (Å²) in [6, 6.07) is 5.96. The molecule has 0 aliphatic carbocycles. The summed E-state index contributed by atoms with van der Waals surface area (Å²) < 4.78 is 14.7. The van der Waals surface area contributed by atoms with Gasteiger partial charge in [0.15, 0.2) is 0 Å². The van der Waals surface area contributed by atoms with Crippen LogP contribution in [0.5, 0.6) is 0 Å². The molecule has 2 rings (SSSR count). The summed E-state index contributed by atoms with van der Waals surface area (Å²) in [6.45, 7) is 1.73. The first-order chi connectivity index (χ1) is 8.08. The summed E-state index contributed by atoms with van der Waals surface area (Å²) >= 11 is 0. The third-order valence-electron chi connectivity index (χ3n) is 2.48. The molecule has 0 spiro atoms. The number of aliphatic carboxylic acids is 1. The maximum absolute atomic E-state index is 13.1. The van der Waals surface area contributed by atoms with Crippen molar-refractivity contribution in [2.45, 2.75) is 13.3 Å². The molecule has 0 bridgehead atoms. The smallest absolute Gasteiger partial charge is 0.309 e. The van der Waals surface area contributed by atoms with Gasteiger partial charge < -0.3 is 9.67 Å². The molecule has 1 heterocycles. The van der Waals surface area contributed by atoms with E-state index in [4.69, 9.17) is 5.11 Å². The lowest BCUT2D eigenvalue weighted by Crippen LogP contribution is -2.07. The Kier molecular flexibility index (Phi) is 2.91. The molecule has 0 unspecified atom stereocenters. The summed E-state index contributed by atoms with van der Waals surface area (Å²) in [6.07, 6.45) is 1.37. The number of imidazole rings is 1. The molecule has 0 radical (unpaired) electrons. The molecule has 1 aromatic heterocycles. The van der Waals surface area contributed by atoms with Gasteiger partial charge >= 0.3 is 5.97 Å². The molecular weight excluding hydrogens is 223 g/mol. The third-order valence-corrected chi connectivity index (χ3v) is 2.48. The Hall–Kier alpha value is -2.17. The Balaban J connectivity index is 2.48. The van der Waals surface area contributed by atoms with E-state index in [0.29, 0.717) is 17.1 Å². The molecule has 0 aliphatic rings. The Bertz CT molecular complexity index is 563. The van der Waals surface area contributed by atoms with E-state index in [1.165, 1.54) is 18.5 Å². The van der Waals surface area contributed by atoms with Gasteiger partial charge in [-0.15, -0.1) is 0 Å². The average Bonchev–Trinajstić information content (AvgIpc) is 2.60. The number of benzene rings is 1. The zero-order chi connectivity index (χ0) is 12.4. The second-order valence-corrected chi connectivity index (χ2v) is 3.70. The molecule has 0 aliphatic heterocycles. The van der Waals surface area contributed by atoms with Crippen LogP contribution in [0, 0.1) is 12.7 Å². The predicted octanol–water partition coefficient (Wildman–Crippen LogP) is 1.95. The fourth-order valence-electron chi connectivity index (χ4n) is 1.67. The molecule has 1 aromatic carbocycles. The van der Waals surface area contributed by atoms with Crippen LogP contribution in [0.25, 0.3) is 5.69 Å². The molecule has 1 N–H and O–H groups in total. The van der Waals surface area contributed by atoms with Gasteiger partial charge in [-0.2, -0.15) is 0 Å².